The first-order valence-corrected chi connectivity index (χ1v) is 10.9. The fourth-order valence-corrected chi connectivity index (χ4v) is 4.05. The Kier molecular flexibility index (Phi) is 6.33. The molecule has 1 fully saturated rings. The molecule has 4 rings (SSSR count). The van der Waals surface area contributed by atoms with Crippen LogP contribution in [0, 0.1) is 13.8 Å². The summed E-state index contributed by atoms with van der Waals surface area (Å²) >= 11 is 0. The molecule has 0 unspecified atom stereocenters. The molecule has 3 aromatic rings. The first-order chi connectivity index (χ1) is 15.0. The van der Waals surface area contributed by atoms with Gasteiger partial charge in [-0.1, -0.05) is 6.07 Å². The van der Waals surface area contributed by atoms with Gasteiger partial charge in [0.2, 0.25) is 5.95 Å². The lowest BCUT2D eigenvalue weighted by molar-refractivity contribution is 0.137. The lowest BCUT2D eigenvalue weighted by atomic mass is 10.2. The number of aryl methyl sites for hydroxylation is 2. The Morgan fingerprint density at radius 3 is 2.77 bits per heavy atom. The number of aromatic nitrogens is 5. The Hall–Kier alpha value is -2.78. The van der Waals surface area contributed by atoms with Crippen LogP contribution in [0.2, 0.25) is 0 Å². The summed E-state index contributed by atoms with van der Waals surface area (Å²) in [7, 11) is 4.23. The Morgan fingerprint density at radius 2 is 2.06 bits per heavy atom. The molecule has 0 bridgehead atoms. The van der Waals surface area contributed by atoms with Crippen LogP contribution in [0.5, 0.6) is 0 Å². The van der Waals surface area contributed by atoms with E-state index in [1.165, 1.54) is 0 Å². The van der Waals surface area contributed by atoms with E-state index in [1.54, 1.807) is 0 Å². The normalized spacial score (nSPS) is 16.9. The van der Waals surface area contributed by atoms with Gasteiger partial charge in [0.25, 0.3) is 0 Å². The highest BCUT2D eigenvalue weighted by molar-refractivity contribution is 5.90. The Morgan fingerprint density at radius 1 is 1.23 bits per heavy atom. The van der Waals surface area contributed by atoms with Gasteiger partial charge in [-0.25, -0.2) is 9.97 Å². The summed E-state index contributed by atoms with van der Waals surface area (Å²) in [5.41, 5.74) is 3.56. The minimum absolute atomic E-state index is 0.390. The quantitative estimate of drug-likeness (QED) is 0.553. The van der Waals surface area contributed by atoms with Gasteiger partial charge < -0.3 is 19.9 Å². The maximum Gasteiger partial charge on any atom is 0.228 e. The Labute approximate surface area is 183 Å². The number of nitrogens with zero attached hydrogens (tertiary/aromatic N) is 7. The van der Waals surface area contributed by atoms with Crippen LogP contribution in [0.15, 0.2) is 18.2 Å². The van der Waals surface area contributed by atoms with Gasteiger partial charge in [-0.3, -0.25) is 4.68 Å². The van der Waals surface area contributed by atoms with Crippen LogP contribution >= 0.6 is 0 Å². The topological polar surface area (TPSA) is 84.2 Å². The lowest BCUT2D eigenvalue weighted by Gasteiger charge is -2.25. The molecular weight excluding hydrogens is 392 g/mol. The third-order valence-corrected chi connectivity index (χ3v) is 5.76. The van der Waals surface area contributed by atoms with Crippen molar-refractivity contribution >= 4 is 28.6 Å². The van der Waals surface area contributed by atoms with E-state index in [0.29, 0.717) is 37.6 Å². The van der Waals surface area contributed by atoms with Gasteiger partial charge in [0.1, 0.15) is 16.9 Å². The van der Waals surface area contributed by atoms with Crippen molar-refractivity contribution in [3.05, 3.63) is 29.6 Å². The van der Waals surface area contributed by atoms with Crippen molar-refractivity contribution in [2.45, 2.75) is 39.8 Å². The van der Waals surface area contributed by atoms with Gasteiger partial charge in [0.05, 0.1) is 18.8 Å². The molecule has 1 aliphatic rings. The number of rotatable bonds is 8. The second-order valence-corrected chi connectivity index (χ2v) is 8.18. The van der Waals surface area contributed by atoms with Gasteiger partial charge in [0, 0.05) is 31.9 Å². The molecule has 0 radical (unpaired) electrons. The van der Waals surface area contributed by atoms with E-state index >= 15 is 0 Å². The third kappa shape index (κ3) is 4.62. The van der Waals surface area contributed by atoms with Crippen LogP contribution in [-0.4, -0.2) is 76.1 Å². The molecule has 1 N–H and O–H groups in total. The molecule has 3 aromatic heterocycles. The van der Waals surface area contributed by atoms with Crippen LogP contribution in [0.4, 0.5) is 17.6 Å². The highest BCUT2D eigenvalue weighted by Gasteiger charge is 2.27. The van der Waals surface area contributed by atoms with E-state index in [0.717, 1.165) is 47.7 Å². The number of likely N-dealkylation sites (N-methyl/N-ethyl adjacent to an activating group) is 2. The summed E-state index contributed by atoms with van der Waals surface area (Å²) in [6.45, 7) is 9.97. The summed E-state index contributed by atoms with van der Waals surface area (Å²) < 4.78 is 7.50. The van der Waals surface area contributed by atoms with Crippen molar-refractivity contribution in [3.63, 3.8) is 0 Å². The summed E-state index contributed by atoms with van der Waals surface area (Å²) in [6.07, 6.45) is 1.10. The molecule has 0 aromatic carbocycles. The average molecular weight is 425 g/mol. The maximum atomic E-state index is 5.56. The van der Waals surface area contributed by atoms with Crippen LogP contribution in [0.25, 0.3) is 11.0 Å². The maximum absolute atomic E-state index is 5.56. The molecule has 31 heavy (non-hydrogen) atoms. The van der Waals surface area contributed by atoms with E-state index in [4.69, 9.17) is 19.8 Å². The van der Waals surface area contributed by atoms with Gasteiger partial charge in [0.15, 0.2) is 5.82 Å². The summed E-state index contributed by atoms with van der Waals surface area (Å²) in [6, 6.07) is 6.31. The SMILES string of the molecule is CCOCCn1nc(C)c2nc(N(C)[C@H]3CCN(C)C3)nc(Nc3cccc(C)n3)c21. The first kappa shape index (κ1) is 21.5. The minimum atomic E-state index is 0.390. The van der Waals surface area contributed by atoms with Gasteiger partial charge in [-0.15, -0.1) is 0 Å². The zero-order chi connectivity index (χ0) is 22.0. The fraction of sp³-hybridized carbons (Fsp3) is 0.545. The van der Waals surface area contributed by atoms with Crippen molar-refractivity contribution < 1.29 is 4.74 Å². The highest BCUT2D eigenvalue weighted by atomic mass is 16.5. The smallest absolute Gasteiger partial charge is 0.228 e. The Balaban J connectivity index is 1.77. The highest BCUT2D eigenvalue weighted by Crippen LogP contribution is 2.29. The van der Waals surface area contributed by atoms with Crippen molar-refractivity contribution in [3.8, 4) is 0 Å². The van der Waals surface area contributed by atoms with Crippen LogP contribution in [-0.2, 0) is 11.3 Å². The van der Waals surface area contributed by atoms with Crippen LogP contribution < -0.4 is 10.2 Å². The molecule has 0 amide bonds. The van der Waals surface area contributed by atoms with E-state index < -0.39 is 0 Å². The molecule has 1 atom stereocenters. The minimum Gasteiger partial charge on any atom is -0.380 e. The van der Waals surface area contributed by atoms with Crippen molar-refractivity contribution in [2.75, 3.05) is 50.6 Å². The predicted octanol–water partition coefficient (Wildman–Crippen LogP) is 2.76. The van der Waals surface area contributed by atoms with E-state index in [1.807, 2.05) is 43.7 Å². The van der Waals surface area contributed by atoms with Crippen molar-refractivity contribution in [1.29, 1.82) is 0 Å². The van der Waals surface area contributed by atoms with E-state index in [9.17, 15) is 0 Å². The third-order valence-electron chi connectivity index (χ3n) is 5.76. The molecule has 0 spiro atoms. The summed E-state index contributed by atoms with van der Waals surface area (Å²) in [5.74, 6) is 2.17. The van der Waals surface area contributed by atoms with Gasteiger partial charge >= 0.3 is 0 Å². The Bertz CT molecular complexity index is 1050. The molecule has 166 valence electrons. The van der Waals surface area contributed by atoms with Gasteiger partial charge in [-0.05, 0) is 52.9 Å². The van der Waals surface area contributed by atoms with E-state index in [2.05, 4.69) is 34.2 Å². The average Bonchev–Trinajstić information content (AvgIpc) is 3.31. The van der Waals surface area contributed by atoms with Crippen LogP contribution in [0.3, 0.4) is 0 Å². The van der Waals surface area contributed by atoms with Crippen molar-refractivity contribution in [2.24, 2.45) is 0 Å². The van der Waals surface area contributed by atoms with E-state index in [-0.39, 0.29) is 0 Å². The molecule has 9 heteroatoms. The molecular formula is C22H32N8O. The molecule has 9 nitrogen and oxygen atoms in total. The number of nitrogens with one attached hydrogen (secondary N) is 1. The largest absolute Gasteiger partial charge is 0.380 e. The summed E-state index contributed by atoms with van der Waals surface area (Å²) in [5, 5.41) is 8.16. The van der Waals surface area contributed by atoms with Crippen LogP contribution in [0.1, 0.15) is 24.7 Å². The lowest BCUT2D eigenvalue weighted by Crippen LogP contribution is -2.35. The number of anilines is 3. The number of hydrogen-bond acceptors (Lipinski definition) is 8. The predicted molar refractivity (Wildman–Crippen MR) is 123 cm³/mol. The number of ether oxygens (including phenoxy) is 1. The molecule has 4 heterocycles. The molecule has 1 aliphatic heterocycles. The zero-order valence-corrected chi connectivity index (χ0v) is 19.1. The summed E-state index contributed by atoms with van der Waals surface area (Å²) in [4.78, 5) is 19.0. The molecule has 0 aliphatic carbocycles. The van der Waals surface area contributed by atoms with Crippen molar-refractivity contribution in [1.82, 2.24) is 29.6 Å². The number of likely N-dealkylation sites (tertiary alicyclic amines) is 1. The monoisotopic (exact) mass is 424 g/mol. The first-order valence-electron chi connectivity index (χ1n) is 10.9. The zero-order valence-electron chi connectivity index (χ0n) is 19.1. The standard InChI is InChI=1S/C22H32N8O/c1-6-31-13-12-30-20-19(16(3)27-30)25-22(29(5)17-10-11-28(4)14-17)26-21(20)24-18-9-7-8-15(2)23-18/h7-9,17H,6,10-14H2,1-5H3,(H,23,24,25,26)/t17-/m0/s1. The second kappa shape index (κ2) is 9.15. The molecule has 0 saturated carbocycles. The van der Waals surface area contributed by atoms with Gasteiger partial charge in [-0.2, -0.15) is 10.1 Å². The molecule has 1 saturated heterocycles. The fourth-order valence-electron chi connectivity index (χ4n) is 4.05. The number of fused-ring (bicyclic) bond motifs is 1. The number of hydrogen-bond donors (Lipinski definition) is 1. The second-order valence-electron chi connectivity index (χ2n) is 8.18. The number of pyridine rings is 1.